The normalized spacial score (nSPS) is 11.3. The van der Waals surface area contributed by atoms with Gasteiger partial charge in [0.15, 0.2) is 0 Å². The Morgan fingerprint density at radius 3 is 2.19 bits per heavy atom. The number of hydrogen-bond acceptors (Lipinski definition) is 1. The summed E-state index contributed by atoms with van der Waals surface area (Å²) in [5.41, 5.74) is 9.26. The predicted octanol–water partition coefficient (Wildman–Crippen LogP) is 4.63. The molecule has 0 aliphatic heterocycles. The van der Waals surface area contributed by atoms with Gasteiger partial charge in [0.25, 0.3) is 0 Å². The molecule has 3 rings (SSSR count). The number of nitrogens with zero attached hydrogens (tertiary/aromatic N) is 2. The van der Waals surface area contributed by atoms with Gasteiger partial charge in [0, 0.05) is 6.54 Å². The van der Waals surface area contributed by atoms with Crippen molar-refractivity contribution in [3.05, 3.63) is 64.0 Å². The fourth-order valence-electron chi connectivity index (χ4n) is 3.09. The Kier molecular flexibility index (Phi) is 3.32. The number of aryl methyl sites for hydroxylation is 3. The Morgan fingerprint density at radius 2 is 1.52 bits per heavy atom. The molecule has 3 aromatic rings. The third-order valence-electron chi connectivity index (χ3n) is 4.68. The first-order valence-corrected chi connectivity index (χ1v) is 7.47. The first-order valence-electron chi connectivity index (χ1n) is 7.47. The van der Waals surface area contributed by atoms with Crippen LogP contribution in [0.1, 0.15) is 33.6 Å². The molecule has 0 atom stereocenters. The molecule has 0 amide bonds. The Labute approximate surface area is 126 Å². The minimum absolute atomic E-state index is 0.895. The van der Waals surface area contributed by atoms with Crippen LogP contribution in [-0.2, 0) is 6.54 Å². The second-order valence-electron chi connectivity index (χ2n) is 5.97. The van der Waals surface area contributed by atoms with Crippen LogP contribution in [-0.4, -0.2) is 9.55 Å². The van der Waals surface area contributed by atoms with Gasteiger partial charge in [-0.15, -0.1) is 0 Å². The molecular formula is C19H22N2. The van der Waals surface area contributed by atoms with E-state index in [2.05, 4.69) is 68.4 Å². The largest absolute Gasteiger partial charge is 0.324 e. The first-order chi connectivity index (χ1) is 9.99. The number of benzene rings is 2. The predicted molar refractivity (Wildman–Crippen MR) is 89.0 cm³/mol. The van der Waals surface area contributed by atoms with E-state index in [0.29, 0.717) is 0 Å². The molecule has 0 spiro atoms. The number of para-hydroxylation sites is 2. The molecule has 0 aliphatic rings. The average Bonchev–Trinajstić information content (AvgIpc) is 2.77. The molecule has 0 fully saturated rings. The van der Waals surface area contributed by atoms with Crippen LogP contribution in [0.25, 0.3) is 11.0 Å². The van der Waals surface area contributed by atoms with Crippen LogP contribution >= 0.6 is 0 Å². The molecule has 0 radical (unpaired) electrons. The molecule has 2 aromatic carbocycles. The van der Waals surface area contributed by atoms with Gasteiger partial charge in [-0.25, -0.2) is 4.98 Å². The second kappa shape index (κ2) is 5.03. The Morgan fingerprint density at radius 1 is 0.905 bits per heavy atom. The van der Waals surface area contributed by atoms with Crippen LogP contribution in [0, 0.1) is 34.6 Å². The third kappa shape index (κ3) is 2.25. The van der Waals surface area contributed by atoms with Crippen LogP contribution in [0.5, 0.6) is 0 Å². The first kappa shape index (κ1) is 13.9. The van der Waals surface area contributed by atoms with Gasteiger partial charge >= 0.3 is 0 Å². The lowest BCUT2D eigenvalue weighted by atomic mass is 9.94. The van der Waals surface area contributed by atoms with Crippen molar-refractivity contribution in [1.29, 1.82) is 0 Å². The molecule has 108 valence electrons. The molecule has 0 saturated heterocycles. The number of rotatable bonds is 2. The summed E-state index contributed by atoms with van der Waals surface area (Å²) in [4.78, 5) is 4.68. The maximum Gasteiger partial charge on any atom is 0.107 e. The van der Waals surface area contributed by atoms with Gasteiger partial charge in [-0.2, -0.15) is 0 Å². The molecule has 1 aromatic heterocycles. The van der Waals surface area contributed by atoms with Crippen LogP contribution in [0.15, 0.2) is 30.3 Å². The number of imidazole rings is 1. The average molecular weight is 278 g/mol. The molecular weight excluding hydrogens is 256 g/mol. The maximum absolute atomic E-state index is 4.68. The topological polar surface area (TPSA) is 17.8 Å². The van der Waals surface area contributed by atoms with Crippen molar-refractivity contribution >= 4 is 11.0 Å². The molecule has 0 saturated carbocycles. The van der Waals surface area contributed by atoms with E-state index in [1.807, 2.05) is 6.07 Å². The van der Waals surface area contributed by atoms with Crippen molar-refractivity contribution in [2.24, 2.45) is 0 Å². The SMILES string of the molecule is Cc1cc(C)c(C)c(Cn2c(C)nc3ccccc32)c1C. The fraction of sp³-hybridized carbons (Fsp3) is 0.316. The Hall–Kier alpha value is -2.09. The van der Waals surface area contributed by atoms with E-state index in [1.165, 1.54) is 33.3 Å². The van der Waals surface area contributed by atoms with Gasteiger partial charge in [0.05, 0.1) is 11.0 Å². The highest BCUT2D eigenvalue weighted by Gasteiger charge is 2.12. The van der Waals surface area contributed by atoms with Crippen molar-refractivity contribution in [3.63, 3.8) is 0 Å². The summed E-state index contributed by atoms with van der Waals surface area (Å²) >= 11 is 0. The fourth-order valence-corrected chi connectivity index (χ4v) is 3.09. The number of aromatic nitrogens is 2. The van der Waals surface area contributed by atoms with Crippen molar-refractivity contribution in [1.82, 2.24) is 9.55 Å². The van der Waals surface area contributed by atoms with Crippen molar-refractivity contribution in [3.8, 4) is 0 Å². The minimum atomic E-state index is 0.895. The highest BCUT2D eigenvalue weighted by Crippen LogP contribution is 2.25. The van der Waals surface area contributed by atoms with Gasteiger partial charge in [-0.1, -0.05) is 18.2 Å². The van der Waals surface area contributed by atoms with Gasteiger partial charge in [-0.3, -0.25) is 0 Å². The van der Waals surface area contributed by atoms with Crippen LogP contribution in [0.4, 0.5) is 0 Å². The highest BCUT2D eigenvalue weighted by atomic mass is 15.1. The Bertz CT molecular complexity index is 799. The zero-order chi connectivity index (χ0) is 15.1. The highest BCUT2D eigenvalue weighted by molar-refractivity contribution is 5.76. The monoisotopic (exact) mass is 278 g/mol. The smallest absolute Gasteiger partial charge is 0.107 e. The van der Waals surface area contributed by atoms with Crippen molar-refractivity contribution < 1.29 is 0 Å². The standard InChI is InChI=1S/C19H22N2/c1-12-10-13(2)15(4)17(14(12)3)11-21-16(5)20-18-8-6-7-9-19(18)21/h6-10H,11H2,1-5H3. The zero-order valence-electron chi connectivity index (χ0n) is 13.5. The van der Waals surface area contributed by atoms with E-state index < -0.39 is 0 Å². The van der Waals surface area contributed by atoms with E-state index >= 15 is 0 Å². The maximum atomic E-state index is 4.68. The van der Waals surface area contributed by atoms with Gasteiger partial charge in [0.2, 0.25) is 0 Å². The van der Waals surface area contributed by atoms with Gasteiger partial charge in [0.1, 0.15) is 5.82 Å². The molecule has 0 N–H and O–H groups in total. The summed E-state index contributed by atoms with van der Waals surface area (Å²) < 4.78 is 2.32. The summed E-state index contributed by atoms with van der Waals surface area (Å²) in [7, 11) is 0. The molecule has 0 aliphatic carbocycles. The van der Waals surface area contributed by atoms with E-state index in [4.69, 9.17) is 0 Å². The van der Waals surface area contributed by atoms with E-state index in [-0.39, 0.29) is 0 Å². The van der Waals surface area contributed by atoms with Crippen molar-refractivity contribution in [2.75, 3.05) is 0 Å². The summed E-state index contributed by atoms with van der Waals surface area (Å²) in [6.07, 6.45) is 0. The minimum Gasteiger partial charge on any atom is -0.324 e. The quantitative estimate of drug-likeness (QED) is 0.668. The van der Waals surface area contributed by atoms with E-state index in [9.17, 15) is 0 Å². The van der Waals surface area contributed by atoms with Gasteiger partial charge in [-0.05, 0) is 74.6 Å². The summed E-state index contributed by atoms with van der Waals surface area (Å²) in [6, 6.07) is 10.7. The summed E-state index contributed by atoms with van der Waals surface area (Å²) in [6.45, 7) is 11.8. The molecule has 2 nitrogen and oxygen atoms in total. The molecule has 1 heterocycles. The summed E-state index contributed by atoms with van der Waals surface area (Å²) in [5, 5.41) is 0. The zero-order valence-corrected chi connectivity index (χ0v) is 13.5. The Balaban J connectivity index is 2.18. The lowest BCUT2D eigenvalue weighted by Crippen LogP contribution is -2.07. The van der Waals surface area contributed by atoms with Gasteiger partial charge < -0.3 is 4.57 Å². The molecule has 21 heavy (non-hydrogen) atoms. The van der Waals surface area contributed by atoms with E-state index in [1.54, 1.807) is 0 Å². The van der Waals surface area contributed by atoms with Crippen LogP contribution in [0.2, 0.25) is 0 Å². The van der Waals surface area contributed by atoms with Crippen LogP contribution in [0.3, 0.4) is 0 Å². The number of hydrogen-bond donors (Lipinski definition) is 0. The molecule has 0 unspecified atom stereocenters. The van der Waals surface area contributed by atoms with Crippen molar-refractivity contribution in [2.45, 2.75) is 41.2 Å². The lowest BCUT2D eigenvalue weighted by molar-refractivity contribution is 0.774. The lowest BCUT2D eigenvalue weighted by Gasteiger charge is -2.17. The molecule has 0 bridgehead atoms. The molecule has 2 heteroatoms. The van der Waals surface area contributed by atoms with Crippen LogP contribution < -0.4 is 0 Å². The number of fused-ring (bicyclic) bond motifs is 1. The summed E-state index contributed by atoms with van der Waals surface area (Å²) in [5.74, 6) is 1.08. The van der Waals surface area contributed by atoms with E-state index in [0.717, 1.165) is 17.9 Å². The third-order valence-corrected chi connectivity index (χ3v) is 4.68. The second-order valence-corrected chi connectivity index (χ2v) is 5.97.